The number of hydrogen-bond acceptors (Lipinski definition) is 10. The lowest BCUT2D eigenvalue weighted by Crippen LogP contribution is -2.51. The average Bonchev–Trinajstić information content (AvgIpc) is 4.06. The molecule has 2 N–H and O–H groups in total. The molecule has 288 valence electrons. The molecule has 5 atom stereocenters. The standard InChI is InChI=1S/C40H53N3O10/c1-39(2,3)52-34(46)19-17-29(23-44)41-36(47)30-7-6-20-43(30)37(48)26-21-31(35-32(22-26)51-40(53-35,27-13-14-27)28-15-16-28)50-38(49)25-11-8-24(9-12-25)10-18-33(45)42(4)5/h8-12,18,22,27-32,35,44H,6-7,13-17,19-21,23H2,1-5H3,(H,41,47). The van der Waals surface area contributed by atoms with Gasteiger partial charge in [0.05, 0.1) is 18.2 Å². The summed E-state index contributed by atoms with van der Waals surface area (Å²) in [4.78, 5) is 68.6. The Kier molecular flexibility index (Phi) is 11.5. The summed E-state index contributed by atoms with van der Waals surface area (Å²) in [6.45, 7) is 5.31. The van der Waals surface area contributed by atoms with E-state index in [9.17, 15) is 29.1 Å². The Morgan fingerprint density at radius 2 is 1.72 bits per heavy atom. The summed E-state index contributed by atoms with van der Waals surface area (Å²) in [5.74, 6) is -2.13. The van der Waals surface area contributed by atoms with Gasteiger partial charge >= 0.3 is 11.9 Å². The Hall–Kier alpha value is -4.07. The molecule has 2 aliphatic heterocycles. The van der Waals surface area contributed by atoms with E-state index in [1.807, 2.05) is 0 Å². The molecule has 4 fully saturated rings. The summed E-state index contributed by atoms with van der Waals surface area (Å²) < 4.78 is 25.0. The Balaban J connectivity index is 1.15. The molecule has 13 nitrogen and oxygen atoms in total. The molecule has 0 spiro atoms. The van der Waals surface area contributed by atoms with E-state index in [1.165, 1.54) is 11.0 Å². The van der Waals surface area contributed by atoms with Gasteiger partial charge in [0.1, 0.15) is 30.0 Å². The van der Waals surface area contributed by atoms with Crippen molar-refractivity contribution in [1.82, 2.24) is 15.1 Å². The molecular weight excluding hydrogens is 682 g/mol. The largest absolute Gasteiger partial charge is 0.460 e. The molecule has 53 heavy (non-hydrogen) atoms. The second-order valence-electron chi connectivity index (χ2n) is 16.1. The first kappa shape index (κ1) is 38.6. The van der Waals surface area contributed by atoms with Crippen LogP contribution in [-0.2, 0) is 38.1 Å². The summed E-state index contributed by atoms with van der Waals surface area (Å²) in [5, 5.41) is 12.8. The van der Waals surface area contributed by atoms with E-state index in [-0.39, 0.29) is 49.5 Å². The van der Waals surface area contributed by atoms with Crippen molar-refractivity contribution in [3.8, 4) is 0 Å². The van der Waals surface area contributed by atoms with Gasteiger partial charge < -0.3 is 39.2 Å². The van der Waals surface area contributed by atoms with Crippen molar-refractivity contribution in [2.75, 3.05) is 27.2 Å². The molecular formula is C40H53N3O10. The Morgan fingerprint density at radius 3 is 2.32 bits per heavy atom. The van der Waals surface area contributed by atoms with E-state index in [0.717, 1.165) is 31.2 Å². The maximum absolute atomic E-state index is 14.2. The highest BCUT2D eigenvalue weighted by molar-refractivity contribution is 5.98. The van der Waals surface area contributed by atoms with Crippen LogP contribution in [0, 0.1) is 11.8 Å². The number of benzene rings is 1. The van der Waals surface area contributed by atoms with Gasteiger partial charge in [0.25, 0.3) is 0 Å². The van der Waals surface area contributed by atoms with Gasteiger partial charge in [-0.25, -0.2) is 4.79 Å². The number of ether oxygens (including phenoxy) is 4. The summed E-state index contributed by atoms with van der Waals surface area (Å²) in [5.41, 5.74) is 0.811. The third kappa shape index (κ3) is 9.18. The van der Waals surface area contributed by atoms with Gasteiger partial charge in [-0.3, -0.25) is 19.2 Å². The normalized spacial score (nSPS) is 25.7. The number of likely N-dealkylation sites (tertiary alicyclic amines) is 1. The van der Waals surface area contributed by atoms with Crippen molar-refractivity contribution in [2.45, 2.75) is 120 Å². The van der Waals surface area contributed by atoms with Gasteiger partial charge in [-0.1, -0.05) is 12.1 Å². The third-order valence-corrected chi connectivity index (χ3v) is 10.4. The molecule has 3 aliphatic carbocycles. The van der Waals surface area contributed by atoms with Crippen molar-refractivity contribution in [2.24, 2.45) is 11.8 Å². The van der Waals surface area contributed by atoms with Crippen LogP contribution >= 0.6 is 0 Å². The number of nitrogens with one attached hydrogen (secondary N) is 1. The molecule has 0 radical (unpaired) electrons. The molecule has 0 aromatic heterocycles. The number of carbonyl (C=O) groups is 5. The summed E-state index contributed by atoms with van der Waals surface area (Å²) >= 11 is 0. The molecule has 1 aromatic rings. The highest BCUT2D eigenvalue weighted by Crippen LogP contribution is 2.59. The molecule has 13 heteroatoms. The number of esters is 2. The fraction of sp³-hybridized carbons (Fsp3) is 0.625. The third-order valence-electron chi connectivity index (χ3n) is 10.4. The number of aliphatic hydroxyl groups excluding tert-OH is 1. The van der Waals surface area contributed by atoms with Crippen molar-refractivity contribution < 1.29 is 48.0 Å². The van der Waals surface area contributed by atoms with Crippen LogP contribution in [0.5, 0.6) is 0 Å². The molecule has 0 bridgehead atoms. The van der Waals surface area contributed by atoms with Crippen LogP contribution in [0.2, 0.25) is 0 Å². The van der Waals surface area contributed by atoms with E-state index in [2.05, 4.69) is 5.32 Å². The van der Waals surface area contributed by atoms with Gasteiger partial charge in [0.15, 0.2) is 5.79 Å². The molecule has 5 aliphatic rings. The van der Waals surface area contributed by atoms with E-state index in [4.69, 9.17) is 18.9 Å². The zero-order valence-electron chi connectivity index (χ0n) is 31.4. The minimum absolute atomic E-state index is 0.0237. The maximum atomic E-state index is 14.2. The lowest BCUT2D eigenvalue weighted by molar-refractivity contribution is -0.209. The second-order valence-corrected chi connectivity index (χ2v) is 16.1. The predicted molar refractivity (Wildman–Crippen MR) is 193 cm³/mol. The fourth-order valence-corrected chi connectivity index (χ4v) is 7.47. The summed E-state index contributed by atoms with van der Waals surface area (Å²) in [7, 11) is 3.33. The van der Waals surface area contributed by atoms with Crippen molar-refractivity contribution in [1.29, 1.82) is 0 Å². The van der Waals surface area contributed by atoms with Crippen LogP contribution in [0.3, 0.4) is 0 Å². The van der Waals surface area contributed by atoms with Gasteiger partial charge in [0, 0.05) is 57.0 Å². The van der Waals surface area contributed by atoms with Gasteiger partial charge in [-0.05, 0) is 95.6 Å². The molecule has 3 amide bonds. The Morgan fingerprint density at radius 1 is 1.04 bits per heavy atom. The van der Waals surface area contributed by atoms with Crippen LogP contribution in [0.4, 0.5) is 0 Å². The SMILES string of the molecule is CN(C)C(=O)C=Cc1ccc(C(=O)OC2CC(C(=O)N3CCCC3C(=O)NC(CO)CCC(=O)OC(C)(C)C)=CC3OC(C4CC4)(C4CC4)OC32)cc1. The molecule has 2 saturated carbocycles. The molecule has 2 saturated heterocycles. The molecule has 6 rings (SSSR count). The summed E-state index contributed by atoms with van der Waals surface area (Å²) in [6.07, 6.45) is 8.25. The van der Waals surface area contributed by atoms with Gasteiger partial charge in [-0.2, -0.15) is 0 Å². The van der Waals surface area contributed by atoms with Crippen molar-refractivity contribution in [3.05, 3.63) is 53.1 Å². The van der Waals surface area contributed by atoms with Crippen molar-refractivity contribution >= 4 is 35.7 Å². The zero-order valence-corrected chi connectivity index (χ0v) is 31.4. The van der Waals surface area contributed by atoms with E-state index in [1.54, 1.807) is 76.2 Å². The Bertz CT molecular complexity index is 1610. The van der Waals surface area contributed by atoms with Crippen molar-refractivity contribution in [3.63, 3.8) is 0 Å². The number of nitrogens with zero attached hydrogens (tertiary/aromatic N) is 2. The van der Waals surface area contributed by atoms with Crippen LogP contribution in [0.1, 0.15) is 94.5 Å². The zero-order chi connectivity index (χ0) is 38.1. The van der Waals surface area contributed by atoms with E-state index >= 15 is 0 Å². The van der Waals surface area contributed by atoms with E-state index in [0.29, 0.717) is 30.5 Å². The monoisotopic (exact) mass is 735 g/mol. The second kappa shape index (κ2) is 15.7. The number of hydrogen-bond donors (Lipinski definition) is 2. The van der Waals surface area contributed by atoms with Crippen LogP contribution in [-0.4, -0.2) is 114 Å². The molecule has 5 unspecified atom stereocenters. The van der Waals surface area contributed by atoms with Gasteiger partial charge in [-0.15, -0.1) is 0 Å². The topological polar surface area (TPSA) is 161 Å². The van der Waals surface area contributed by atoms with Crippen LogP contribution < -0.4 is 5.32 Å². The number of amides is 3. The number of rotatable bonds is 13. The minimum Gasteiger partial charge on any atom is -0.460 e. The number of aliphatic hydroxyl groups is 1. The van der Waals surface area contributed by atoms with Crippen LogP contribution in [0.15, 0.2) is 42.0 Å². The van der Waals surface area contributed by atoms with E-state index < -0.39 is 59.6 Å². The number of likely N-dealkylation sites (N-methyl/N-ethyl adjacent to an activating group) is 1. The average molecular weight is 736 g/mol. The smallest absolute Gasteiger partial charge is 0.338 e. The first-order valence-electron chi connectivity index (χ1n) is 18.9. The Labute approximate surface area is 311 Å². The first-order valence-corrected chi connectivity index (χ1v) is 18.9. The highest BCUT2D eigenvalue weighted by atomic mass is 16.8. The molecule has 2 heterocycles. The first-order chi connectivity index (χ1) is 25.2. The fourth-order valence-electron chi connectivity index (χ4n) is 7.47. The lowest BCUT2D eigenvalue weighted by Gasteiger charge is -2.33. The number of carbonyl (C=O) groups excluding carboxylic acids is 5. The number of fused-ring (bicyclic) bond motifs is 1. The predicted octanol–water partition coefficient (Wildman–Crippen LogP) is 3.53. The lowest BCUT2D eigenvalue weighted by atomic mass is 9.91. The maximum Gasteiger partial charge on any atom is 0.338 e. The van der Waals surface area contributed by atoms with Crippen LogP contribution in [0.25, 0.3) is 6.08 Å². The van der Waals surface area contributed by atoms with Gasteiger partial charge in [0.2, 0.25) is 17.7 Å². The summed E-state index contributed by atoms with van der Waals surface area (Å²) in [6, 6.07) is 5.28. The quantitative estimate of drug-likeness (QED) is 0.227. The minimum atomic E-state index is -0.811. The highest BCUT2D eigenvalue weighted by Gasteiger charge is 2.64. The molecule has 1 aromatic carbocycles.